The lowest BCUT2D eigenvalue weighted by Gasteiger charge is -2.02. The number of nitriles is 2. The summed E-state index contributed by atoms with van der Waals surface area (Å²) in [6, 6.07) is 3.02. The third-order valence-corrected chi connectivity index (χ3v) is 0.963. The van der Waals surface area contributed by atoms with Gasteiger partial charge in [0.2, 0.25) is 5.76 Å². The van der Waals surface area contributed by atoms with Gasteiger partial charge in [-0.05, 0) is 6.92 Å². The zero-order valence-electron chi connectivity index (χ0n) is 6.50. The Morgan fingerprint density at radius 3 is 2.25 bits per heavy atom. The maximum atomic E-state index is 10.6. The van der Waals surface area contributed by atoms with E-state index in [4.69, 9.17) is 21.0 Å². The Hall–Kier alpha value is -2.01. The minimum absolute atomic E-state index is 0.186. The number of hydrogen-bond donors (Lipinski definition) is 1. The van der Waals surface area contributed by atoms with Gasteiger partial charge in [-0.1, -0.05) is 0 Å². The van der Waals surface area contributed by atoms with Crippen molar-refractivity contribution in [3.8, 4) is 12.1 Å². The lowest BCUT2D eigenvalue weighted by atomic mass is 10.2. The fourth-order valence-corrected chi connectivity index (χ4v) is 0.537. The number of nitrogens with zero attached hydrogens (tertiary/aromatic N) is 2. The summed E-state index contributed by atoms with van der Waals surface area (Å²) in [5.74, 6) is -1.28. The van der Waals surface area contributed by atoms with Crippen LogP contribution in [0.4, 0.5) is 0 Å². The lowest BCUT2D eigenvalue weighted by Crippen LogP contribution is -2.17. The van der Waals surface area contributed by atoms with E-state index in [1.807, 2.05) is 0 Å². The number of allylic oxidation sites excluding steroid dienone is 1. The van der Waals surface area contributed by atoms with Gasteiger partial charge in [-0.2, -0.15) is 10.5 Å². The van der Waals surface area contributed by atoms with Crippen LogP contribution in [0.3, 0.4) is 0 Å². The number of carbonyl (C=O) groups is 1. The molecule has 0 saturated carbocycles. The molecule has 12 heavy (non-hydrogen) atoms. The SMILES string of the molecule is CCOC(C(N)=O)=C(C#N)C#N. The molecule has 0 aliphatic carbocycles. The Morgan fingerprint density at radius 1 is 1.50 bits per heavy atom. The highest BCUT2D eigenvalue weighted by molar-refractivity contribution is 5.92. The molecule has 0 aromatic rings. The first-order chi connectivity index (χ1) is 5.67. The third kappa shape index (κ3) is 2.31. The Morgan fingerprint density at radius 2 is 2.00 bits per heavy atom. The van der Waals surface area contributed by atoms with Gasteiger partial charge in [0.05, 0.1) is 6.61 Å². The van der Waals surface area contributed by atoms with Crippen LogP contribution < -0.4 is 5.73 Å². The van der Waals surface area contributed by atoms with E-state index in [1.165, 1.54) is 12.1 Å². The van der Waals surface area contributed by atoms with Gasteiger partial charge < -0.3 is 10.5 Å². The summed E-state index contributed by atoms with van der Waals surface area (Å²) in [4.78, 5) is 10.6. The number of primary amides is 1. The average Bonchev–Trinajstić information content (AvgIpc) is 2.05. The van der Waals surface area contributed by atoms with Gasteiger partial charge >= 0.3 is 0 Å². The molecule has 0 atom stereocenters. The smallest absolute Gasteiger partial charge is 0.285 e. The number of amides is 1. The lowest BCUT2D eigenvalue weighted by molar-refractivity contribution is -0.117. The van der Waals surface area contributed by atoms with Gasteiger partial charge in [0, 0.05) is 0 Å². The van der Waals surface area contributed by atoms with Crippen LogP contribution in [-0.4, -0.2) is 12.5 Å². The third-order valence-electron chi connectivity index (χ3n) is 0.963. The summed E-state index contributed by atoms with van der Waals surface area (Å²) in [5.41, 5.74) is 4.45. The van der Waals surface area contributed by atoms with Crippen LogP contribution in [0.15, 0.2) is 11.3 Å². The number of ether oxygens (including phenoxy) is 1. The number of nitrogens with two attached hydrogens (primary N) is 1. The van der Waals surface area contributed by atoms with Crippen LogP contribution in [0.2, 0.25) is 0 Å². The number of rotatable bonds is 3. The van der Waals surface area contributed by atoms with Gasteiger partial charge in [0.1, 0.15) is 12.1 Å². The van der Waals surface area contributed by atoms with Crippen molar-refractivity contribution in [2.45, 2.75) is 6.92 Å². The molecule has 0 bridgehead atoms. The van der Waals surface area contributed by atoms with Crippen LogP contribution in [0, 0.1) is 22.7 Å². The summed E-state index contributed by atoms with van der Waals surface area (Å²) in [6.45, 7) is 1.81. The minimum atomic E-state index is -0.907. The Kier molecular flexibility index (Phi) is 3.96. The van der Waals surface area contributed by atoms with Crippen molar-refractivity contribution >= 4 is 5.91 Å². The molecule has 0 aromatic carbocycles. The Balaban J connectivity index is 4.96. The monoisotopic (exact) mass is 165 g/mol. The van der Waals surface area contributed by atoms with Crippen molar-refractivity contribution in [3.05, 3.63) is 11.3 Å². The Labute approximate surface area is 69.6 Å². The topological polar surface area (TPSA) is 99.9 Å². The Bertz CT molecular complexity index is 277. The molecule has 0 spiro atoms. The van der Waals surface area contributed by atoms with Crippen LogP contribution >= 0.6 is 0 Å². The summed E-state index contributed by atoms with van der Waals surface area (Å²) >= 11 is 0. The summed E-state index contributed by atoms with van der Waals surface area (Å²) in [7, 11) is 0. The number of hydrogen-bond acceptors (Lipinski definition) is 4. The van der Waals surface area contributed by atoms with Crippen molar-refractivity contribution in [1.82, 2.24) is 0 Å². The molecule has 0 heterocycles. The fraction of sp³-hybridized carbons (Fsp3) is 0.286. The van der Waals surface area contributed by atoms with Crippen molar-refractivity contribution in [2.24, 2.45) is 5.73 Å². The van der Waals surface area contributed by atoms with Gasteiger partial charge in [-0.15, -0.1) is 0 Å². The molecule has 0 aliphatic rings. The van der Waals surface area contributed by atoms with Gasteiger partial charge in [-0.25, -0.2) is 0 Å². The largest absolute Gasteiger partial charge is 0.487 e. The maximum absolute atomic E-state index is 10.6. The van der Waals surface area contributed by atoms with Crippen LogP contribution in [0.1, 0.15) is 6.92 Å². The highest BCUT2D eigenvalue weighted by Crippen LogP contribution is 2.03. The zero-order valence-corrected chi connectivity index (χ0v) is 6.50. The molecule has 5 heteroatoms. The molecular formula is C7H7N3O2. The van der Waals surface area contributed by atoms with Crippen molar-refractivity contribution in [2.75, 3.05) is 6.61 Å². The molecule has 0 aliphatic heterocycles. The summed E-state index contributed by atoms with van der Waals surface area (Å²) in [6.07, 6.45) is 0. The van der Waals surface area contributed by atoms with Gasteiger partial charge in [0.25, 0.3) is 5.91 Å². The molecule has 1 amide bonds. The van der Waals surface area contributed by atoms with E-state index in [0.717, 1.165) is 0 Å². The fourth-order valence-electron chi connectivity index (χ4n) is 0.537. The number of carbonyl (C=O) groups excluding carboxylic acids is 1. The second-order valence-corrected chi connectivity index (χ2v) is 1.72. The zero-order chi connectivity index (χ0) is 9.56. The van der Waals surface area contributed by atoms with E-state index in [0.29, 0.717) is 0 Å². The molecule has 62 valence electrons. The normalized spacial score (nSPS) is 7.58. The second-order valence-electron chi connectivity index (χ2n) is 1.72. The summed E-state index contributed by atoms with van der Waals surface area (Å²) < 4.78 is 4.71. The summed E-state index contributed by atoms with van der Waals surface area (Å²) in [5, 5.41) is 16.7. The highest BCUT2D eigenvalue weighted by Gasteiger charge is 2.12. The molecular weight excluding hydrogens is 158 g/mol. The van der Waals surface area contributed by atoms with E-state index in [2.05, 4.69) is 0 Å². The molecule has 0 fully saturated rings. The van der Waals surface area contributed by atoms with E-state index >= 15 is 0 Å². The van der Waals surface area contributed by atoms with Gasteiger partial charge in [0.15, 0.2) is 5.57 Å². The quantitative estimate of drug-likeness (QED) is 0.355. The highest BCUT2D eigenvalue weighted by atomic mass is 16.5. The molecule has 0 aromatic heterocycles. The van der Waals surface area contributed by atoms with Crippen LogP contribution in [-0.2, 0) is 9.53 Å². The first-order valence-electron chi connectivity index (χ1n) is 3.14. The maximum Gasteiger partial charge on any atom is 0.285 e. The molecule has 0 rings (SSSR count). The average molecular weight is 165 g/mol. The van der Waals surface area contributed by atoms with E-state index < -0.39 is 11.5 Å². The molecule has 0 saturated heterocycles. The van der Waals surface area contributed by atoms with Crippen molar-refractivity contribution in [3.63, 3.8) is 0 Å². The van der Waals surface area contributed by atoms with Crippen molar-refractivity contribution < 1.29 is 9.53 Å². The molecule has 0 unspecified atom stereocenters. The minimum Gasteiger partial charge on any atom is -0.487 e. The molecule has 0 radical (unpaired) electrons. The van der Waals surface area contributed by atoms with Crippen molar-refractivity contribution in [1.29, 1.82) is 10.5 Å². The van der Waals surface area contributed by atoms with Crippen LogP contribution in [0.25, 0.3) is 0 Å². The van der Waals surface area contributed by atoms with E-state index in [-0.39, 0.29) is 12.4 Å². The van der Waals surface area contributed by atoms with E-state index in [9.17, 15) is 4.79 Å². The van der Waals surface area contributed by atoms with Crippen LogP contribution in [0.5, 0.6) is 0 Å². The predicted octanol–water partition coefficient (Wildman–Crippen LogP) is -0.191. The standard InChI is InChI=1S/C7H7N3O2/c1-2-12-6(7(10)11)5(3-8)4-9/h2H2,1H3,(H2,10,11). The van der Waals surface area contributed by atoms with E-state index in [1.54, 1.807) is 6.92 Å². The van der Waals surface area contributed by atoms with Gasteiger partial charge in [-0.3, -0.25) is 4.79 Å². The first kappa shape index (κ1) is 9.99. The first-order valence-corrected chi connectivity index (χ1v) is 3.14. The predicted molar refractivity (Wildman–Crippen MR) is 39.1 cm³/mol. The molecule has 2 N–H and O–H groups in total. The second kappa shape index (κ2) is 4.75. The molecule has 5 nitrogen and oxygen atoms in total.